The molecule has 0 atom stereocenters. The molecule has 4 nitrogen and oxygen atoms in total. The van der Waals surface area contributed by atoms with Gasteiger partial charge in [-0.05, 0) is 31.0 Å². The van der Waals surface area contributed by atoms with E-state index in [-0.39, 0.29) is 5.97 Å². The topological polar surface area (TPSA) is 46.6 Å². The summed E-state index contributed by atoms with van der Waals surface area (Å²) in [5.74, 6) is 0.0986. The van der Waals surface area contributed by atoms with Gasteiger partial charge in [0.1, 0.15) is 5.78 Å². The van der Waals surface area contributed by atoms with Crippen molar-refractivity contribution in [2.24, 2.45) is 0 Å². The van der Waals surface area contributed by atoms with E-state index in [1.165, 1.54) is 7.11 Å². The molecule has 1 heterocycles. The van der Waals surface area contributed by atoms with Crippen LogP contribution in [0.25, 0.3) is 0 Å². The Morgan fingerprint density at radius 1 is 1.25 bits per heavy atom. The summed E-state index contributed by atoms with van der Waals surface area (Å²) in [6.07, 6.45) is 3.20. The number of carbonyl (C=O) groups is 2. The number of carbonyl (C=O) groups excluding carboxylic acids is 2. The maximum absolute atomic E-state index is 11.7. The smallest absolute Gasteiger partial charge is 0.338 e. The van der Waals surface area contributed by atoms with E-state index in [1.54, 1.807) is 6.07 Å². The van der Waals surface area contributed by atoms with Gasteiger partial charge in [0, 0.05) is 25.9 Å². The fourth-order valence-corrected chi connectivity index (χ4v) is 2.57. The van der Waals surface area contributed by atoms with Gasteiger partial charge in [0.25, 0.3) is 0 Å². The Bertz CT molecular complexity index is 474. The van der Waals surface area contributed by atoms with Crippen molar-refractivity contribution in [3.8, 4) is 0 Å². The zero-order valence-electron chi connectivity index (χ0n) is 11.9. The first-order valence-corrected chi connectivity index (χ1v) is 7.11. The second-order valence-electron chi connectivity index (χ2n) is 5.13. The molecule has 0 aromatic heterocycles. The monoisotopic (exact) mass is 275 g/mol. The Labute approximate surface area is 119 Å². The van der Waals surface area contributed by atoms with Crippen LogP contribution in [0, 0.1) is 0 Å². The van der Waals surface area contributed by atoms with Crippen molar-refractivity contribution in [3.63, 3.8) is 0 Å². The minimum absolute atomic E-state index is 0.274. The highest BCUT2D eigenvalue weighted by molar-refractivity contribution is 5.90. The van der Waals surface area contributed by atoms with Gasteiger partial charge in [-0.1, -0.05) is 18.2 Å². The van der Waals surface area contributed by atoms with Crippen LogP contribution < -0.4 is 0 Å². The number of methoxy groups -OCH3 is 1. The van der Waals surface area contributed by atoms with Crippen LogP contribution in [-0.2, 0) is 16.0 Å². The summed E-state index contributed by atoms with van der Waals surface area (Å²) in [5.41, 5.74) is 1.69. The molecule has 1 aliphatic rings. The van der Waals surface area contributed by atoms with Gasteiger partial charge in [0.05, 0.1) is 12.7 Å². The Morgan fingerprint density at radius 3 is 2.65 bits per heavy atom. The zero-order chi connectivity index (χ0) is 14.4. The molecule has 0 unspecified atom stereocenters. The SMILES string of the molecule is COC(=O)c1ccccc1CCCN1CCC(=O)CC1. The Hall–Kier alpha value is -1.68. The van der Waals surface area contributed by atoms with Crippen LogP contribution in [0.4, 0.5) is 0 Å². The summed E-state index contributed by atoms with van der Waals surface area (Å²) in [4.78, 5) is 25.2. The number of likely N-dealkylation sites (tertiary alicyclic amines) is 1. The molecular formula is C16H21NO3. The third-order valence-corrected chi connectivity index (χ3v) is 3.76. The van der Waals surface area contributed by atoms with E-state index in [9.17, 15) is 9.59 Å². The lowest BCUT2D eigenvalue weighted by Crippen LogP contribution is -2.34. The first-order chi connectivity index (χ1) is 9.70. The molecule has 20 heavy (non-hydrogen) atoms. The first-order valence-electron chi connectivity index (χ1n) is 7.11. The van der Waals surface area contributed by atoms with E-state index in [0.717, 1.165) is 38.0 Å². The Kier molecular flexibility index (Phi) is 5.30. The normalized spacial score (nSPS) is 16.1. The summed E-state index contributed by atoms with van der Waals surface area (Å²) >= 11 is 0. The highest BCUT2D eigenvalue weighted by Gasteiger charge is 2.16. The van der Waals surface area contributed by atoms with E-state index in [0.29, 0.717) is 24.2 Å². The summed E-state index contributed by atoms with van der Waals surface area (Å²) in [6, 6.07) is 7.58. The van der Waals surface area contributed by atoms with Gasteiger partial charge in [0.15, 0.2) is 0 Å². The number of hydrogen-bond donors (Lipinski definition) is 0. The third kappa shape index (κ3) is 3.90. The van der Waals surface area contributed by atoms with Crippen LogP contribution in [0.1, 0.15) is 35.2 Å². The van der Waals surface area contributed by atoms with Crippen molar-refractivity contribution < 1.29 is 14.3 Å². The molecule has 0 N–H and O–H groups in total. The summed E-state index contributed by atoms with van der Waals surface area (Å²) in [5, 5.41) is 0. The molecule has 1 aromatic rings. The number of Topliss-reactive ketones (excluding diaryl/α,β-unsaturated/α-hetero) is 1. The van der Waals surface area contributed by atoms with Crippen LogP contribution in [-0.4, -0.2) is 43.4 Å². The van der Waals surface area contributed by atoms with E-state index in [1.807, 2.05) is 18.2 Å². The van der Waals surface area contributed by atoms with Crippen molar-refractivity contribution in [2.45, 2.75) is 25.7 Å². The first kappa shape index (κ1) is 14.7. The van der Waals surface area contributed by atoms with E-state index in [2.05, 4.69) is 4.90 Å². The van der Waals surface area contributed by atoms with Gasteiger partial charge in [-0.3, -0.25) is 4.79 Å². The molecule has 0 saturated carbocycles. The molecule has 4 heteroatoms. The lowest BCUT2D eigenvalue weighted by Gasteiger charge is -2.25. The zero-order valence-corrected chi connectivity index (χ0v) is 11.9. The predicted molar refractivity (Wildman–Crippen MR) is 76.8 cm³/mol. The molecular weight excluding hydrogens is 254 g/mol. The number of ketones is 1. The van der Waals surface area contributed by atoms with Gasteiger partial charge < -0.3 is 9.64 Å². The number of nitrogens with zero attached hydrogens (tertiary/aromatic N) is 1. The second-order valence-corrected chi connectivity index (χ2v) is 5.13. The summed E-state index contributed by atoms with van der Waals surface area (Å²) < 4.78 is 4.80. The molecule has 0 spiro atoms. The van der Waals surface area contributed by atoms with Gasteiger partial charge in [-0.2, -0.15) is 0 Å². The highest BCUT2D eigenvalue weighted by Crippen LogP contribution is 2.13. The number of benzene rings is 1. The number of rotatable bonds is 5. The van der Waals surface area contributed by atoms with Crippen molar-refractivity contribution in [1.82, 2.24) is 4.90 Å². The molecule has 1 aromatic carbocycles. The van der Waals surface area contributed by atoms with Gasteiger partial charge in [-0.25, -0.2) is 4.79 Å². The maximum atomic E-state index is 11.7. The molecule has 1 aliphatic heterocycles. The molecule has 1 saturated heterocycles. The maximum Gasteiger partial charge on any atom is 0.338 e. The third-order valence-electron chi connectivity index (χ3n) is 3.76. The minimum Gasteiger partial charge on any atom is -0.465 e. The number of piperidine rings is 1. The van der Waals surface area contributed by atoms with Crippen LogP contribution in [0.3, 0.4) is 0 Å². The Balaban J connectivity index is 1.85. The van der Waals surface area contributed by atoms with E-state index >= 15 is 0 Å². The molecule has 0 radical (unpaired) electrons. The number of hydrogen-bond acceptors (Lipinski definition) is 4. The fourth-order valence-electron chi connectivity index (χ4n) is 2.57. The number of ether oxygens (including phenoxy) is 1. The van der Waals surface area contributed by atoms with Crippen LogP contribution in [0.15, 0.2) is 24.3 Å². The molecule has 1 fully saturated rings. The lowest BCUT2D eigenvalue weighted by atomic mass is 10.0. The minimum atomic E-state index is -0.274. The van der Waals surface area contributed by atoms with Crippen LogP contribution in [0.5, 0.6) is 0 Å². The van der Waals surface area contributed by atoms with Gasteiger partial charge in [-0.15, -0.1) is 0 Å². The van der Waals surface area contributed by atoms with E-state index < -0.39 is 0 Å². The number of aryl methyl sites for hydroxylation is 1. The van der Waals surface area contributed by atoms with Crippen molar-refractivity contribution in [3.05, 3.63) is 35.4 Å². The highest BCUT2D eigenvalue weighted by atomic mass is 16.5. The number of esters is 1. The molecule has 2 rings (SSSR count). The Morgan fingerprint density at radius 2 is 1.95 bits per heavy atom. The molecule has 0 aliphatic carbocycles. The van der Waals surface area contributed by atoms with Crippen molar-refractivity contribution in [1.29, 1.82) is 0 Å². The van der Waals surface area contributed by atoms with Gasteiger partial charge in [0.2, 0.25) is 0 Å². The van der Waals surface area contributed by atoms with Crippen LogP contribution in [0.2, 0.25) is 0 Å². The lowest BCUT2D eigenvalue weighted by molar-refractivity contribution is -0.121. The van der Waals surface area contributed by atoms with Crippen molar-refractivity contribution >= 4 is 11.8 Å². The molecule has 0 amide bonds. The second kappa shape index (κ2) is 7.20. The van der Waals surface area contributed by atoms with Crippen molar-refractivity contribution in [2.75, 3.05) is 26.7 Å². The average Bonchev–Trinajstić information content (AvgIpc) is 2.49. The summed E-state index contributed by atoms with van der Waals surface area (Å²) in [7, 11) is 1.41. The average molecular weight is 275 g/mol. The molecule has 0 bridgehead atoms. The standard InChI is InChI=1S/C16H21NO3/c1-20-16(19)15-7-3-2-5-13(15)6-4-10-17-11-8-14(18)9-12-17/h2-3,5,7H,4,6,8-12H2,1H3. The van der Waals surface area contributed by atoms with E-state index in [4.69, 9.17) is 4.74 Å². The quantitative estimate of drug-likeness (QED) is 0.772. The van der Waals surface area contributed by atoms with Gasteiger partial charge >= 0.3 is 5.97 Å². The largest absolute Gasteiger partial charge is 0.465 e. The van der Waals surface area contributed by atoms with Crippen LogP contribution >= 0.6 is 0 Å². The fraction of sp³-hybridized carbons (Fsp3) is 0.500. The summed E-state index contributed by atoms with van der Waals surface area (Å²) in [6.45, 7) is 2.72. The predicted octanol–water partition coefficient (Wildman–Crippen LogP) is 2.07. The molecule has 108 valence electrons.